The zero-order chi connectivity index (χ0) is 9.97. The molecular weight excluding hydrogens is 180 g/mol. The number of fused-ring (bicyclic) bond motifs is 1. The van der Waals surface area contributed by atoms with Crippen LogP contribution in [0.4, 0.5) is 0 Å². The van der Waals surface area contributed by atoms with Gasteiger partial charge in [-0.15, -0.1) is 0 Å². The minimum atomic E-state index is -0.576. The van der Waals surface area contributed by atoms with Gasteiger partial charge in [-0.25, -0.2) is 0 Å². The van der Waals surface area contributed by atoms with E-state index in [2.05, 4.69) is 15.2 Å². The van der Waals surface area contributed by atoms with Gasteiger partial charge in [0.2, 0.25) is 0 Å². The van der Waals surface area contributed by atoms with E-state index in [1.54, 1.807) is 12.4 Å². The Morgan fingerprint density at radius 2 is 2.43 bits per heavy atom. The van der Waals surface area contributed by atoms with Gasteiger partial charge in [-0.2, -0.15) is 5.10 Å². The van der Waals surface area contributed by atoms with Crippen LogP contribution in [0.15, 0.2) is 18.5 Å². The number of aromatic nitrogens is 3. The van der Waals surface area contributed by atoms with Gasteiger partial charge in [0.05, 0.1) is 18.0 Å². The number of pyridine rings is 1. The third kappa shape index (κ3) is 1.47. The molecule has 2 heterocycles. The molecule has 0 amide bonds. The zero-order valence-corrected chi connectivity index (χ0v) is 7.64. The van der Waals surface area contributed by atoms with Crippen molar-refractivity contribution < 1.29 is 5.11 Å². The molecule has 0 aromatic carbocycles. The van der Waals surface area contributed by atoms with Gasteiger partial charge in [0.1, 0.15) is 5.52 Å². The van der Waals surface area contributed by atoms with E-state index < -0.39 is 6.10 Å². The van der Waals surface area contributed by atoms with Crippen molar-refractivity contribution >= 4 is 10.9 Å². The largest absolute Gasteiger partial charge is 0.387 e. The summed E-state index contributed by atoms with van der Waals surface area (Å²) >= 11 is 0. The summed E-state index contributed by atoms with van der Waals surface area (Å²) in [6, 6.07) is 1.83. The van der Waals surface area contributed by atoms with Crippen molar-refractivity contribution in [3.63, 3.8) is 0 Å². The predicted octanol–water partition coefficient (Wildman–Crippen LogP) is 0.340. The van der Waals surface area contributed by atoms with Crippen molar-refractivity contribution in [2.24, 2.45) is 5.73 Å². The van der Waals surface area contributed by atoms with E-state index in [4.69, 9.17) is 5.73 Å². The van der Waals surface area contributed by atoms with Crippen molar-refractivity contribution in [2.75, 3.05) is 6.54 Å². The second-order valence-electron chi connectivity index (χ2n) is 3.12. The lowest BCUT2D eigenvalue weighted by Crippen LogP contribution is -2.07. The number of nitrogens with one attached hydrogen (secondary N) is 1. The van der Waals surface area contributed by atoms with Crippen LogP contribution in [0.3, 0.4) is 0 Å². The maximum absolute atomic E-state index is 9.74. The Kier molecular flexibility index (Phi) is 2.43. The molecule has 1 atom stereocenters. The monoisotopic (exact) mass is 192 g/mol. The molecule has 0 aliphatic rings. The maximum atomic E-state index is 9.74. The molecule has 2 aromatic heterocycles. The highest BCUT2D eigenvalue weighted by Gasteiger charge is 2.12. The standard InChI is InChI=1S/C9H12N4O/c10-3-1-8(14)9-6-2-4-11-5-7(6)12-13-9/h2,4-5,8,14H,1,3,10H2,(H,12,13). The van der Waals surface area contributed by atoms with Crippen molar-refractivity contribution in [1.82, 2.24) is 15.2 Å². The van der Waals surface area contributed by atoms with Crippen LogP contribution in [0.2, 0.25) is 0 Å². The van der Waals surface area contributed by atoms with Crippen molar-refractivity contribution in [1.29, 1.82) is 0 Å². The molecule has 0 saturated carbocycles. The van der Waals surface area contributed by atoms with Gasteiger partial charge in [-0.3, -0.25) is 10.1 Å². The molecule has 0 fully saturated rings. The SMILES string of the molecule is NCCC(O)c1[nH]nc2cnccc12. The molecule has 5 heteroatoms. The zero-order valence-electron chi connectivity index (χ0n) is 7.64. The van der Waals surface area contributed by atoms with Crippen LogP contribution >= 0.6 is 0 Å². The van der Waals surface area contributed by atoms with Crippen LogP contribution in [0.1, 0.15) is 18.2 Å². The van der Waals surface area contributed by atoms with Crippen LogP contribution in [0.5, 0.6) is 0 Å². The van der Waals surface area contributed by atoms with E-state index in [-0.39, 0.29) is 0 Å². The van der Waals surface area contributed by atoms with E-state index in [0.717, 1.165) is 10.9 Å². The second-order valence-corrected chi connectivity index (χ2v) is 3.12. The van der Waals surface area contributed by atoms with Crippen molar-refractivity contribution in [2.45, 2.75) is 12.5 Å². The fourth-order valence-electron chi connectivity index (χ4n) is 1.44. The first-order valence-electron chi connectivity index (χ1n) is 4.49. The number of H-pyrrole nitrogens is 1. The predicted molar refractivity (Wildman–Crippen MR) is 52.5 cm³/mol. The first-order valence-corrected chi connectivity index (χ1v) is 4.49. The number of aromatic amines is 1. The molecule has 0 aliphatic heterocycles. The van der Waals surface area contributed by atoms with Gasteiger partial charge < -0.3 is 10.8 Å². The van der Waals surface area contributed by atoms with Gasteiger partial charge >= 0.3 is 0 Å². The lowest BCUT2D eigenvalue weighted by molar-refractivity contribution is 0.167. The smallest absolute Gasteiger partial charge is 0.111 e. The maximum Gasteiger partial charge on any atom is 0.111 e. The molecule has 0 aliphatic carbocycles. The molecule has 0 saturated heterocycles. The number of nitrogens with zero attached hydrogens (tertiary/aromatic N) is 2. The molecule has 14 heavy (non-hydrogen) atoms. The topological polar surface area (TPSA) is 87.8 Å². The Bertz CT molecular complexity index is 425. The van der Waals surface area contributed by atoms with Crippen LogP contribution in [-0.2, 0) is 0 Å². The first kappa shape index (κ1) is 9.11. The van der Waals surface area contributed by atoms with Crippen LogP contribution in [-0.4, -0.2) is 26.8 Å². The molecule has 0 bridgehead atoms. The molecule has 1 unspecified atom stereocenters. The van der Waals surface area contributed by atoms with E-state index in [9.17, 15) is 5.11 Å². The van der Waals surface area contributed by atoms with Crippen LogP contribution in [0.25, 0.3) is 10.9 Å². The Hall–Kier alpha value is -1.46. The summed E-state index contributed by atoms with van der Waals surface area (Å²) in [6.45, 7) is 0.451. The van der Waals surface area contributed by atoms with Gasteiger partial charge in [0.25, 0.3) is 0 Å². The summed E-state index contributed by atoms with van der Waals surface area (Å²) in [5.41, 5.74) is 6.85. The summed E-state index contributed by atoms with van der Waals surface area (Å²) in [5, 5.41) is 17.5. The molecule has 0 radical (unpaired) electrons. The van der Waals surface area contributed by atoms with Crippen molar-refractivity contribution in [3.05, 3.63) is 24.2 Å². The van der Waals surface area contributed by atoms with Gasteiger partial charge in [0.15, 0.2) is 0 Å². The van der Waals surface area contributed by atoms with Crippen molar-refractivity contribution in [3.8, 4) is 0 Å². The molecule has 74 valence electrons. The highest BCUT2D eigenvalue weighted by atomic mass is 16.3. The van der Waals surface area contributed by atoms with Gasteiger partial charge in [0, 0.05) is 11.6 Å². The third-order valence-electron chi connectivity index (χ3n) is 2.16. The number of hydrogen-bond acceptors (Lipinski definition) is 4. The summed E-state index contributed by atoms with van der Waals surface area (Å²) in [7, 11) is 0. The molecule has 2 aromatic rings. The molecule has 0 spiro atoms. The van der Waals surface area contributed by atoms with Gasteiger partial charge in [-0.1, -0.05) is 0 Å². The van der Waals surface area contributed by atoms with Gasteiger partial charge in [-0.05, 0) is 19.0 Å². The Morgan fingerprint density at radius 1 is 1.57 bits per heavy atom. The minimum absolute atomic E-state index is 0.451. The fraction of sp³-hybridized carbons (Fsp3) is 0.333. The first-order chi connectivity index (χ1) is 6.83. The van der Waals surface area contributed by atoms with Crippen LogP contribution < -0.4 is 5.73 Å². The number of aliphatic hydroxyl groups is 1. The second kappa shape index (κ2) is 3.73. The molecule has 2 rings (SSSR count). The van der Waals surface area contributed by atoms with E-state index in [1.165, 1.54) is 0 Å². The molecular formula is C9H12N4O. The molecule has 4 N–H and O–H groups in total. The summed E-state index contributed by atoms with van der Waals surface area (Å²) in [5.74, 6) is 0. The fourth-order valence-corrected chi connectivity index (χ4v) is 1.44. The summed E-state index contributed by atoms with van der Waals surface area (Å²) in [4.78, 5) is 3.94. The Labute approximate surface area is 81.0 Å². The normalized spacial score (nSPS) is 13.3. The highest BCUT2D eigenvalue weighted by molar-refractivity contribution is 5.80. The quantitative estimate of drug-likeness (QED) is 0.654. The lowest BCUT2D eigenvalue weighted by Gasteiger charge is -2.06. The lowest BCUT2D eigenvalue weighted by atomic mass is 10.1. The highest BCUT2D eigenvalue weighted by Crippen LogP contribution is 2.22. The summed E-state index contributed by atoms with van der Waals surface area (Å²) < 4.78 is 0. The van der Waals surface area contributed by atoms with Crippen LogP contribution in [0, 0.1) is 0 Å². The van der Waals surface area contributed by atoms with E-state index in [1.807, 2.05) is 6.07 Å². The number of aliphatic hydroxyl groups excluding tert-OH is 1. The van der Waals surface area contributed by atoms with E-state index >= 15 is 0 Å². The Balaban J connectivity index is 2.42. The number of rotatable bonds is 3. The third-order valence-corrected chi connectivity index (χ3v) is 2.16. The average molecular weight is 192 g/mol. The Morgan fingerprint density at radius 3 is 3.21 bits per heavy atom. The number of nitrogens with two attached hydrogens (primary N) is 1. The average Bonchev–Trinajstić information content (AvgIpc) is 2.61. The minimum Gasteiger partial charge on any atom is -0.387 e. The summed E-state index contributed by atoms with van der Waals surface area (Å²) in [6.07, 6.45) is 3.29. The molecule has 5 nitrogen and oxygen atoms in total. The number of hydrogen-bond donors (Lipinski definition) is 3. The van der Waals surface area contributed by atoms with E-state index in [0.29, 0.717) is 18.7 Å².